The van der Waals surface area contributed by atoms with Crippen LogP contribution in [-0.2, 0) is 12.8 Å². The molecule has 3 aromatic carbocycles. The van der Waals surface area contributed by atoms with Crippen LogP contribution < -0.4 is 11.5 Å². The second-order valence-corrected chi connectivity index (χ2v) is 6.00. The number of nitrogen functional groups attached to an aromatic ring is 2. The van der Waals surface area contributed by atoms with Crippen LogP contribution in [0.4, 0.5) is 11.4 Å². The van der Waals surface area contributed by atoms with Crippen molar-refractivity contribution in [3.05, 3.63) is 95.6 Å². The maximum Gasteiger partial charge on any atom is 0.0314 e. The van der Waals surface area contributed by atoms with Gasteiger partial charge in [-0.1, -0.05) is 54.6 Å². The van der Waals surface area contributed by atoms with Gasteiger partial charge in [-0.25, -0.2) is 0 Å². The highest BCUT2D eigenvalue weighted by Crippen LogP contribution is 2.26. The zero-order valence-corrected chi connectivity index (χ0v) is 13.2. The van der Waals surface area contributed by atoms with Gasteiger partial charge < -0.3 is 11.5 Å². The summed E-state index contributed by atoms with van der Waals surface area (Å²) in [5.41, 5.74) is 17.2. The molecule has 2 nitrogen and oxygen atoms in total. The third kappa shape index (κ3) is 4.13. The number of rotatable bonds is 5. The van der Waals surface area contributed by atoms with E-state index in [1.54, 1.807) is 0 Å². The Kier molecular flexibility index (Phi) is 4.62. The van der Waals surface area contributed by atoms with E-state index in [4.69, 9.17) is 11.5 Å². The Morgan fingerprint density at radius 3 is 1.43 bits per heavy atom. The molecule has 0 heterocycles. The van der Waals surface area contributed by atoms with Gasteiger partial charge in [-0.15, -0.1) is 0 Å². The smallest absolute Gasteiger partial charge is 0.0314 e. The fraction of sp³-hybridized carbons (Fsp3) is 0.143. The molecule has 23 heavy (non-hydrogen) atoms. The molecule has 3 aromatic rings. The summed E-state index contributed by atoms with van der Waals surface area (Å²) in [7, 11) is 0. The summed E-state index contributed by atoms with van der Waals surface area (Å²) in [6.45, 7) is 0. The quantitative estimate of drug-likeness (QED) is 0.685. The van der Waals surface area contributed by atoms with Gasteiger partial charge in [-0.3, -0.25) is 0 Å². The largest absolute Gasteiger partial charge is 0.399 e. The van der Waals surface area contributed by atoms with E-state index in [2.05, 4.69) is 54.6 Å². The summed E-state index contributed by atoms with van der Waals surface area (Å²) in [5.74, 6) is 0.434. The zero-order chi connectivity index (χ0) is 16.1. The summed E-state index contributed by atoms with van der Waals surface area (Å²) in [6.07, 6.45) is 1.99. The molecule has 0 aliphatic carbocycles. The van der Waals surface area contributed by atoms with Crippen molar-refractivity contribution in [1.29, 1.82) is 0 Å². The molecule has 0 saturated heterocycles. The second kappa shape index (κ2) is 7.01. The maximum atomic E-state index is 5.79. The lowest BCUT2D eigenvalue weighted by molar-refractivity contribution is 0.680. The third-order valence-electron chi connectivity index (χ3n) is 4.19. The van der Waals surface area contributed by atoms with Crippen LogP contribution in [0.2, 0.25) is 0 Å². The van der Waals surface area contributed by atoms with E-state index in [9.17, 15) is 0 Å². The summed E-state index contributed by atoms with van der Waals surface area (Å²) >= 11 is 0. The van der Waals surface area contributed by atoms with Gasteiger partial charge in [0, 0.05) is 11.4 Å². The zero-order valence-electron chi connectivity index (χ0n) is 13.2. The molecule has 0 aromatic heterocycles. The molecule has 0 radical (unpaired) electrons. The van der Waals surface area contributed by atoms with E-state index in [1.165, 1.54) is 16.7 Å². The Morgan fingerprint density at radius 1 is 0.565 bits per heavy atom. The van der Waals surface area contributed by atoms with Crippen molar-refractivity contribution in [1.82, 2.24) is 0 Å². The average molecular weight is 302 g/mol. The Morgan fingerprint density at radius 2 is 1.00 bits per heavy atom. The van der Waals surface area contributed by atoms with E-state index in [-0.39, 0.29) is 0 Å². The van der Waals surface area contributed by atoms with Gasteiger partial charge in [0.05, 0.1) is 0 Å². The van der Waals surface area contributed by atoms with Crippen LogP contribution in [0.25, 0.3) is 0 Å². The molecule has 0 aliphatic heterocycles. The molecule has 3 rings (SSSR count). The molecule has 2 heteroatoms. The number of nitrogens with two attached hydrogens (primary N) is 2. The van der Waals surface area contributed by atoms with Gasteiger partial charge >= 0.3 is 0 Å². The van der Waals surface area contributed by atoms with Gasteiger partial charge in [-0.05, 0) is 59.7 Å². The molecule has 0 bridgehead atoms. The minimum Gasteiger partial charge on any atom is -0.399 e. The number of benzene rings is 3. The predicted octanol–water partition coefficient (Wildman–Crippen LogP) is 4.42. The van der Waals surface area contributed by atoms with Crippen molar-refractivity contribution < 1.29 is 0 Å². The van der Waals surface area contributed by atoms with Crippen molar-refractivity contribution in [3.63, 3.8) is 0 Å². The van der Waals surface area contributed by atoms with Crippen LogP contribution in [0.3, 0.4) is 0 Å². The van der Waals surface area contributed by atoms with E-state index < -0.39 is 0 Å². The molecule has 0 saturated carbocycles. The van der Waals surface area contributed by atoms with Gasteiger partial charge in [0.15, 0.2) is 0 Å². The first-order valence-corrected chi connectivity index (χ1v) is 7.94. The molecule has 116 valence electrons. The van der Waals surface area contributed by atoms with Crippen molar-refractivity contribution in [2.45, 2.75) is 18.8 Å². The summed E-state index contributed by atoms with van der Waals surface area (Å²) in [4.78, 5) is 0. The molecule has 0 amide bonds. The fourth-order valence-corrected chi connectivity index (χ4v) is 2.91. The van der Waals surface area contributed by atoms with Gasteiger partial charge in [0.1, 0.15) is 0 Å². The summed E-state index contributed by atoms with van der Waals surface area (Å²) in [5, 5.41) is 0. The Bertz CT molecular complexity index is 684. The highest BCUT2D eigenvalue weighted by atomic mass is 14.5. The van der Waals surface area contributed by atoms with Crippen molar-refractivity contribution in [3.8, 4) is 0 Å². The van der Waals surface area contributed by atoms with Crippen LogP contribution in [-0.4, -0.2) is 0 Å². The van der Waals surface area contributed by atoms with Crippen LogP contribution in [0.5, 0.6) is 0 Å². The van der Waals surface area contributed by atoms with E-state index in [0.717, 1.165) is 24.2 Å². The monoisotopic (exact) mass is 302 g/mol. The molecule has 0 unspecified atom stereocenters. The number of hydrogen-bond acceptors (Lipinski definition) is 2. The normalized spacial score (nSPS) is 10.8. The third-order valence-corrected chi connectivity index (χ3v) is 4.19. The molecule has 0 fully saturated rings. The number of hydrogen-bond donors (Lipinski definition) is 2. The average Bonchev–Trinajstić information content (AvgIpc) is 2.59. The van der Waals surface area contributed by atoms with Gasteiger partial charge in [0.25, 0.3) is 0 Å². The predicted molar refractivity (Wildman–Crippen MR) is 98.3 cm³/mol. The lowest BCUT2D eigenvalue weighted by Gasteiger charge is -2.18. The molecule has 4 N–H and O–H groups in total. The summed E-state index contributed by atoms with van der Waals surface area (Å²) < 4.78 is 0. The van der Waals surface area contributed by atoms with Gasteiger partial charge in [-0.2, -0.15) is 0 Å². The van der Waals surface area contributed by atoms with Crippen molar-refractivity contribution >= 4 is 11.4 Å². The molecular formula is C21H22N2. The van der Waals surface area contributed by atoms with E-state index in [1.807, 2.05) is 24.3 Å². The lowest BCUT2D eigenvalue weighted by Crippen LogP contribution is -2.07. The molecule has 0 spiro atoms. The Balaban J connectivity index is 1.84. The highest BCUT2D eigenvalue weighted by Gasteiger charge is 2.13. The lowest BCUT2D eigenvalue weighted by atomic mass is 9.86. The fourth-order valence-electron chi connectivity index (χ4n) is 2.91. The highest BCUT2D eigenvalue weighted by molar-refractivity contribution is 5.41. The van der Waals surface area contributed by atoms with Crippen molar-refractivity contribution in [2.24, 2.45) is 0 Å². The minimum absolute atomic E-state index is 0.434. The topological polar surface area (TPSA) is 52.0 Å². The standard InChI is InChI=1S/C21H22N2/c22-20-10-6-16(7-11-20)14-19(18-4-2-1-3-5-18)15-17-8-12-21(23)13-9-17/h1-13,19H,14-15,22-23H2. The maximum absolute atomic E-state index is 5.79. The first kappa shape index (κ1) is 15.2. The van der Waals surface area contributed by atoms with Crippen LogP contribution in [0, 0.1) is 0 Å². The van der Waals surface area contributed by atoms with Crippen LogP contribution >= 0.6 is 0 Å². The first-order valence-electron chi connectivity index (χ1n) is 7.94. The van der Waals surface area contributed by atoms with Crippen molar-refractivity contribution in [2.75, 3.05) is 11.5 Å². The molecule has 0 aliphatic rings. The van der Waals surface area contributed by atoms with E-state index >= 15 is 0 Å². The molecule has 0 atom stereocenters. The first-order chi connectivity index (χ1) is 11.2. The minimum atomic E-state index is 0.434. The van der Waals surface area contributed by atoms with Gasteiger partial charge in [0.2, 0.25) is 0 Å². The SMILES string of the molecule is Nc1ccc(CC(Cc2ccc(N)cc2)c2ccccc2)cc1. The Labute approximate surface area is 137 Å². The second-order valence-electron chi connectivity index (χ2n) is 6.00. The number of anilines is 2. The molecular weight excluding hydrogens is 280 g/mol. The Hall–Kier alpha value is -2.74. The van der Waals surface area contributed by atoms with Crippen LogP contribution in [0.1, 0.15) is 22.6 Å². The van der Waals surface area contributed by atoms with Crippen LogP contribution in [0.15, 0.2) is 78.9 Å². The van der Waals surface area contributed by atoms with E-state index in [0.29, 0.717) is 5.92 Å². The summed E-state index contributed by atoms with van der Waals surface area (Å²) in [6, 6.07) is 27.1.